The molecule has 2 heteroatoms. The van der Waals surface area contributed by atoms with Gasteiger partial charge in [0.1, 0.15) is 0 Å². The highest BCUT2D eigenvalue weighted by molar-refractivity contribution is 4.87. The van der Waals surface area contributed by atoms with Crippen LogP contribution in [0, 0.1) is 11.8 Å². The largest absolute Gasteiger partial charge is 0.389 e. The SMILES string of the molecule is CC1CCCC1CNCC1(O)CCCC1. The predicted molar refractivity (Wildman–Crippen MR) is 62.8 cm³/mol. The van der Waals surface area contributed by atoms with Crippen molar-refractivity contribution in [2.45, 2.75) is 57.5 Å². The molecule has 2 saturated carbocycles. The second kappa shape index (κ2) is 4.84. The highest BCUT2D eigenvalue weighted by atomic mass is 16.3. The number of rotatable bonds is 4. The maximum atomic E-state index is 10.2. The van der Waals surface area contributed by atoms with Crippen LogP contribution in [-0.2, 0) is 0 Å². The summed E-state index contributed by atoms with van der Waals surface area (Å²) in [5, 5.41) is 13.7. The normalized spacial score (nSPS) is 34.8. The molecule has 88 valence electrons. The molecule has 2 aliphatic rings. The zero-order valence-electron chi connectivity index (χ0n) is 9.97. The summed E-state index contributed by atoms with van der Waals surface area (Å²) >= 11 is 0. The lowest BCUT2D eigenvalue weighted by Gasteiger charge is -2.24. The predicted octanol–water partition coefficient (Wildman–Crippen LogP) is 2.32. The van der Waals surface area contributed by atoms with Gasteiger partial charge in [0, 0.05) is 6.54 Å². The average molecular weight is 211 g/mol. The Balaban J connectivity index is 1.65. The molecule has 0 bridgehead atoms. The minimum Gasteiger partial charge on any atom is -0.389 e. The number of nitrogens with one attached hydrogen (secondary N) is 1. The van der Waals surface area contributed by atoms with Crippen LogP contribution in [-0.4, -0.2) is 23.8 Å². The van der Waals surface area contributed by atoms with Crippen molar-refractivity contribution in [1.29, 1.82) is 0 Å². The van der Waals surface area contributed by atoms with E-state index in [1.165, 1.54) is 32.1 Å². The molecule has 0 aromatic rings. The van der Waals surface area contributed by atoms with Gasteiger partial charge in [0.2, 0.25) is 0 Å². The van der Waals surface area contributed by atoms with Gasteiger partial charge in [0.05, 0.1) is 5.60 Å². The summed E-state index contributed by atoms with van der Waals surface area (Å²) in [4.78, 5) is 0. The smallest absolute Gasteiger partial charge is 0.0771 e. The fraction of sp³-hybridized carbons (Fsp3) is 1.00. The lowest BCUT2D eigenvalue weighted by Crippen LogP contribution is -2.40. The van der Waals surface area contributed by atoms with Crippen LogP contribution < -0.4 is 5.32 Å². The van der Waals surface area contributed by atoms with Gasteiger partial charge in [-0.15, -0.1) is 0 Å². The van der Waals surface area contributed by atoms with Gasteiger partial charge in [-0.25, -0.2) is 0 Å². The molecule has 2 fully saturated rings. The second-order valence-electron chi connectivity index (χ2n) is 5.73. The third-order valence-corrected chi connectivity index (χ3v) is 4.43. The quantitative estimate of drug-likeness (QED) is 0.748. The van der Waals surface area contributed by atoms with Crippen LogP contribution in [0.5, 0.6) is 0 Å². The van der Waals surface area contributed by atoms with Gasteiger partial charge in [0.25, 0.3) is 0 Å². The van der Waals surface area contributed by atoms with Gasteiger partial charge >= 0.3 is 0 Å². The summed E-state index contributed by atoms with van der Waals surface area (Å²) < 4.78 is 0. The molecule has 2 rings (SSSR count). The molecule has 0 spiro atoms. The Bertz CT molecular complexity index is 199. The van der Waals surface area contributed by atoms with Crippen LogP contribution in [0.25, 0.3) is 0 Å². The first-order valence-corrected chi connectivity index (χ1v) is 6.63. The number of aliphatic hydroxyl groups is 1. The Morgan fingerprint density at radius 2 is 1.93 bits per heavy atom. The van der Waals surface area contributed by atoms with Gasteiger partial charge in [-0.2, -0.15) is 0 Å². The summed E-state index contributed by atoms with van der Waals surface area (Å²) in [7, 11) is 0. The van der Waals surface area contributed by atoms with Crippen molar-refractivity contribution in [2.24, 2.45) is 11.8 Å². The average Bonchev–Trinajstić information content (AvgIpc) is 2.78. The van der Waals surface area contributed by atoms with Gasteiger partial charge < -0.3 is 10.4 Å². The molecule has 0 radical (unpaired) electrons. The highest BCUT2D eigenvalue weighted by Gasteiger charge is 2.31. The van der Waals surface area contributed by atoms with Crippen molar-refractivity contribution in [3.05, 3.63) is 0 Å². The van der Waals surface area contributed by atoms with Crippen molar-refractivity contribution in [3.8, 4) is 0 Å². The van der Waals surface area contributed by atoms with Gasteiger partial charge in [-0.05, 0) is 37.6 Å². The molecule has 0 aromatic heterocycles. The fourth-order valence-corrected chi connectivity index (χ4v) is 3.23. The molecule has 0 heterocycles. The summed E-state index contributed by atoms with van der Waals surface area (Å²) in [5.41, 5.74) is -0.373. The van der Waals surface area contributed by atoms with E-state index in [-0.39, 0.29) is 5.60 Å². The molecule has 2 nitrogen and oxygen atoms in total. The van der Waals surface area contributed by atoms with E-state index in [1.54, 1.807) is 0 Å². The van der Waals surface area contributed by atoms with Gasteiger partial charge in [-0.1, -0.05) is 32.6 Å². The zero-order valence-corrected chi connectivity index (χ0v) is 9.97. The van der Waals surface area contributed by atoms with E-state index >= 15 is 0 Å². The van der Waals surface area contributed by atoms with E-state index in [9.17, 15) is 5.11 Å². The lowest BCUT2D eigenvalue weighted by molar-refractivity contribution is 0.0465. The summed E-state index contributed by atoms with van der Waals surface area (Å²) in [6, 6.07) is 0. The lowest BCUT2D eigenvalue weighted by atomic mass is 9.97. The summed E-state index contributed by atoms with van der Waals surface area (Å²) in [6.45, 7) is 4.29. The molecule has 2 aliphatic carbocycles. The number of hydrogen-bond acceptors (Lipinski definition) is 2. The third kappa shape index (κ3) is 2.94. The van der Waals surface area contributed by atoms with Crippen molar-refractivity contribution in [3.63, 3.8) is 0 Å². The highest BCUT2D eigenvalue weighted by Crippen LogP contribution is 2.31. The van der Waals surface area contributed by atoms with Gasteiger partial charge in [-0.3, -0.25) is 0 Å². The zero-order chi connectivity index (χ0) is 10.7. The first-order chi connectivity index (χ1) is 7.20. The third-order valence-electron chi connectivity index (χ3n) is 4.43. The Hall–Kier alpha value is -0.0800. The summed E-state index contributed by atoms with van der Waals surface area (Å²) in [6.07, 6.45) is 8.59. The molecule has 2 unspecified atom stereocenters. The van der Waals surface area contributed by atoms with E-state index < -0.39 is 0 Å². The molecule has 0 aliphatic heterocycles. The first kappa shape index (κ1) is 11.4. The molecule has 2 atom stereocenters. The van der Waals surface area contributed by atoms with Crippen LogP contribution in [0.4, 0.5) is 0 Å². The van der Waals surface area contributed by atoms with E-state index in [0.29, 0.717) is 0 Å². The van der Waals surface area contributed by atoms with Crippen molar-refractivity contribution in [2.75, 3.05) is 13.1 Å². The number of hydrogen-bond donors (Lipinski definition) is 2. The minimum atomic E-state index is -0.373. The van der Waals surface area contributed by atoms with E-state index in [0.717, 1.165) is 37.8 Å². The van der Waals surface area contributed by atoms with Crippen LogP contribution in [0.1, 0.15) is 51.9 Å². The topological polar surface area (TPSA) is 32.3 Å². The van der Waals surface area contributed by atoms with Crippen molar-refractivity contribution < 1.29 is 5.11 Å². The minimum absolute atomic E-state index is 0.373. The molecule has 0 saturated heterocycles. The molecule has 2 N–H and O–H groups in total. The van der Waals surface area contributed by atoms with E-state index in [4.69, 9.17) is 0 Å². The van der Waals surface area contributed by atoms with Crippen LogP contribution in [0.3, 0.4) is 0 Å². The maximum absolute atomic E-state index is 10.2. The Labute approximate surface area is 93.5 Å². The Kier molecular flexibility index (Phi) is 3.68. The van der Waals surface area contributed by atoms with E-state index in [1.807, 2.05) is 0 Å². The van der Waals surface area contributed by atoms with Crippen LogP contribution in [0.2, 0.25) is 0 Å². The first-order valence-electron chi connectivity index (χ1n) is 6.63. The maximum Gasteiger partial charge on any atom is 0.0771 e. The monoisotopic (exact) mass is 211 g/mol. The molecular weight excluding hydrogens is 186 g/mol. The molecular formula is C13H25NO. The standard InChI is InChI=1S/C13H25NO/c1-11-5-4-6-12(11)9-14-10-13(15)7-2-3-8-13/h11-12,14-15H,2-10H2,1H3. The molecule has 15 heavy (non-hydrogen) atoms. The van der Waals surface area contributed by atoms with Crippen LogP contribution >= 0.6 is 0 Å². The van der Waals surface area contributed by atoms with Crippen molar-refractivity contribution in [1.82, 2.24) is 5.32 Å². The fourth-order valence-electron chi connectivity index (χ4n) is 3.23. The van der Waals surface area contributed by atoms with E-state index in [2.05, 4.69) is 12.2 Å². The second-order valence-corrected chi connectivity index (χ2v) is 5.73. The Morgan fingerprint density at radius 1 is 1.20 bits per heavy atom. The Morgan fingerprint density at radius 3 is 2.53 bits per heavy atom. The van der Waals surface area contributed by atoms with Crippen LogP contribution in [0.15, 0.2) is 0 Å². The van der Waals surface area contributed by atoms with Gasteiger partial charge in [0.15, 0.2) is 0 Å². The summed E-state index contributed by atoms with van der Waals surface area (Å²) in [5.74, 6) is 1.74. The van der Waals surface area contributed by atoms with Crippen molar-refractivity contribution >= 4 is 0 Å². The molecule has 0 amide bonds. The molecule has 0 aromatic carbocycles.